The van der Waals surface area contributed by atoms with Gasteiger partial charge < -0.3 is 10.2 Å². The first kappa shape index (κ1) is 22.5. The van der Waals surface area contributed by atoms with Crippen LogP contribution in [0.1, 0.15) is 60.5 Å². The molecular weight excluding hydrogens is 400 g/mol. The Morgan fingerprint density at radius 1 is 1.06 bits per heavy atom. The van der Waals surface area contributed by atoms with Gasteiger partial charge in [-0.2, -0.15) is 0 Å². The maximum Gasteiger partial charge on any atom is 0.219 e. The maximum absolute atomic E-state index is 12.7. The second-order valence-corrected chi connectivity index (χ2v) is 9.03. The lowest BCUT2D eigenvalue weighted by Crippen LogP contribution is -2.41. The minimum Gasteiger partial charge on any atom is -0.367 e. The molecule has 32 heavy (non-hydrogen) atoms. The molecule has 1 aromatic carbocycles. The highest BCUT2D eigenvalue weighted by atomic mass is 16.2. The summed E-state index contributed by atoms with van der Waals surface area (Å²) in [4.78, 5) is 33.0. The van der Waals surface area contributed by atoms with Crippen molar-refractivity contribution in [2.45, 2.75) is 58.0 Å². The number of unbranched alkanes of at least 4 members (excludes halogenated alkanes) is 1. The van der Waals surface area contributed by atoms with E-state index in [1.165, 1.54) is 11.1 Å². The number of fused-ring (bicyclic) bond motifs is 1. The quantitative estimate of drug-likeness (QED) is 0.504. The fraction of sp³-hybridized carbons (Fsp3) is 0.500. The van der Waals surface area contributed by atoms with Gasteiger partial charge in [-0.1, -0.05) is 24.3 Å². The van der Waals surface area contributed by atoms with Crippen molar-refractivity contribution in [3.8, 4) is 0 Å². The molecule has 2 aliphatic rings. The number of carbonyl (C=O) groups excluding carboxylic acids is 2. The highest BCUT2D eigenvalue weighted by Gasteiger charge is 2.21. The molecule has 0 bridgehead atoms. The molecule has 0 atom stereocenters. The van der Waals surface area contributed by atoms with Crippen molar-refractivity contribution in [1.29, 1.82) is 0 Å². The topological polar surface area (TPSA) is 65.5 Å². The summed E-state index contributed by atoms with van der Waals surface area (Å²) in [5.41, 5.74) is 3.65. The molecule has 1 saturated heterocycles. The lowest BCUT2D eigenvalue weighted by Gasteiger charge is -2.32. The number of pyridine rings is 1. The van der Waals surface area contributed by atoms with Gasteiger partial charge in [0, 0.05) is 57.3 Å². The maximum atomic E-state index is 12.7. The molecule has 3 heterocycles. The Morgan fingerprint density at radius 2 is 1.84 bits per heavy atom. The van der Waals surface area contributed by atoms with Gasteiger partial charge in [0.1, 0.15) is 5.82 Å². The molecule has 0 saturated carbocycles. The number of Topliss-reactive ketones (excluding diaryl/α,β-unsaturated/α-hetero) is 1. The third-order valence-corrected chi connectivity index (χ3v) is 6.71. The van der Waals surface area contributed by atoms with Crippen LogP contribution in [0.3, 0.4) is 0 Å². The van der Waals surface area contributed by atoms with Crippen molar-refractivity contribution in [3.63, 3.8) is 0 Å². The van der Waals surface area contributed by atoms with E-state index in [0.717, 1.165) is 76.2 Å². The molecule has 2 aromatic rings. The van der Waals surface area contributed by atoms with Crippen molar-refractivity contribution < 1.29 is 9.59 Å². The first-order valence-electron chi connectivity index (χ1n) is 11.9. The number of aromatic nitrogens is 1. The van der Waals surface area contributed by atoms with Crippen molar-refractivity contribution >= 4 is 17.5 Å². The molecule has 0 spiro atoms. The Kier molecular flexibility index (Phi) is 7.53. The van der Waals surface area contributed by atoms with Crippen LogP contribution in [0.5, 0.6) is 0 Å². The normalized spacial score (nSPS) is 17.1. The molecule has 1 amide bonds. The molecule has 0 unspecified atom stereocenters. The number of piperidine rings is 1. The van der Waals surface area contributed by atoms with Crippen LogP contribution in [-0.4, -0.2) is 58.7 Å². The number of nitrogens with one attached hydrogen (secondary N) is 1. The molecule has 0 aliphatic carbocycles. The van der Waals surface area contributed by atoms with E-state index in [2.05, 4.69) is 39.5 Å². The first-order valence-corrected chi connectivity index (χ1v) is 11.9. The third-order valence-electron chi connectivity index (χ3n) is 6.71. The Morgan fingerprint density at radius 3 is 2.62 bits per heavy atom. The van der Waals surface area contributed by atoms with Crippen LogP contribution in [-0.2, 0) is 17.8 Å². The number of carbonyl (C=O) groups is 2. The van der Waals surface area contributed by atoms with Crippen molar-refractivity contribution in [2.75, 3.05) is 31.5 Å². The van der Waals surface area contributed by atoms with Gasteiger partial charge in [-0.05, 0) is 61.9 Å². The fourth-order valence-corrected chi connectivity index (χ4v) is 4.74. The number of benzene rings is 1. The summed E-state index contributed by atoms with van der Waals surface area (Å²) >= 11 is 0. The van der Waals surface area contributed by atoms with E-state index >= 15 is 0 Å². The monoisotopic (exact) mass is 434 g/mol. The van der Waals surface area contributed by atoms with Crippen LogP contribution < -0.4 is 5.32 Å². The molecule has 1 N–H and O–H groups in total. The van der Waals surface area contributed by atoms with Crippen LogP contribution >= 0.6 is 0 Å². The minimum atomic E-state index is 0.138. The highest BCUT2D eigenvalue weighted by Crippen LogP contribution is 2.20. The van der Waals surface area contributed by atoms with Crippen LogP contribution in [0.4, 0.5) is 5.82 Å². The van der Waals surface area contributed by atoms with Crippen LogP contribution in [0.2, 0.25) is 0 Å². The van der Waals surface area contributed by atoms with Gasteiger partial charge in [-0.25, -0.2) is 4.98 Å². The van der Waals surface area contributed by atoms with E-state index in [0.29, 0.717) is 6.42 Å². The van der Waals surface area contributed by atoms with Crippen LogP contribution in [0.25, 0.3) is 0 Å². The average Bonchev–Trinajstić information content (AvgIpc) is 2.82. The zero-order valence-electron chi connectivity index (χ0n) is 19.1. The predicted molar refractivity (Wildman–Crippen MR) is 127 cm³/mol. The second kappa shape index (κ2) is 10.7. The van der Waals surface area contributed by atoms with Crippen LogP contribution in [0, 0.1) is 0 Å². The van der Waals surface area contributed by atoms with Crippen LogP contribution in [0.15, 0.2) is 42.6 Å². The molecule has 6 heteroatoms. The zero-order valence-corrected chi connectivity index (χ0v) is 19.1. The van der Waals surface area contributed by atoms with Gasteiger partial charge >= 0.3 is 0 Å². The van der Waals surface area contributed by atoms with E-state index in [1.807, 2.05) is 17.0 Å². The number of rotatable bonds is 8. The minimum absolute atomic E-state index is 0.138. The van der Waals surface area contributed by atoms with E-state index in [1.54, 1.807) is 13.1 Å². The third kappa shape index (κ3) is 5.94. The molecule has 0 radical (unpaired) electrons. The summed E-state index contributed by atoms with van der Waals surface area (Å²) in [6, 6.07) is 12.7. The van der Waals surface area contributed by atoms with E-state index in [9.17, 15) is 9.59 Å². The molecule has 2 aliphatic heterocycles. The highest BCUT2D eigenvalue weighted by molar-refractivity contribution is 5.96. The number of hydrogen-bond donors (Lipinski definition) is 1. The number of ketones is 1. The molecular formula is C26H34N4O2. The summed E-state index contributed by atoms with van der Waals surface area (Å²) in [6.45, 7) is 6.34. The Labute approximate surface area is 191 Å². The first-order chi connectivity index (χ1) is 15.6. The average molecular weight is 435 g/mol. The predicted octanol–water partition coefficient (Wildman–Crippen LogP) is 3.92. The lowest BCUT2D eigenvalue weighted by atomic mass is 9.99. The number of amides is 1. The number of anilines is 1. The van der Waals surface area contributed by atoms with Crippen molar-refractivity contribution in [2.24, 2.45) is 0 Å². The largest absolute Gasteiger partial charge is 0.367 e. The molecule has 1 fully saturated rings. The Balaban J connectivity index is 1.19. The number of likely N-dealkylation sites (tertiary alicyclic amines) is 1. The van der Waals surface area contributed by atoms with Gasteiger partial charge in [0.15, 0.2) is 5.78 Å². The molecule has 6 nitrogen and oxygen atoms in total. The van der Waals surface area contributed by atoms with Gasteiger partial charge in [0.25, 0.3) is 0 Å². The smallest absolute Gasteiger partial charge is 0.219 e. The number of hydrogen-bond acceptors (Lipinski definition) is 5. The van der Waals surface area contributed by atoms with Gasteiger partial charge in [0.05, 0.1) is 0 Å². The zero-order chi connectivity index (χ0) is 22.3. The summed E-state index contributed by atoms with van der Waals surface area (Å²) in [5, 5.41) is 3.45. The molecule has 170 valence electrons. The Hall–Kier alpha value is -2.73. The summed E-state index contributed by atoms with van der Waals surface area (Å²) in [5.74, 6) is 1.08. The Bertz CT molecular complexity index is 937. The van der Waals surface area contributed by atoms with Gasteiger partial charge in [-0.3, -0.25) is 14.5 Å². The SMILES string of the molecule is CC(=O)N1CCC(Nc2cc(C(=O)CCCCN3CCc4ccccc4C3)ccn2)CC1. The van der Waals surface area contributed by atoms with E-state index in [4.69, 9.17) is 0 Å². The van der Waals surface area contributed by atoms with Gasteiger partial charge in [0.2, 0.25) is 5.91 Å². The lowest BCUT2D eigenvalue weighted by molar-refractivity contribution is -0.129. The second-order valence-electron chi connectivity index (χ2n) is 9.03. The summed E-state index contributed by atoms with van der Waals surface area (Å²) < 4.78 is 0. The van der Waals surface area contributed by atoms with Crippen molar-refractivity contribution in [3.05, 3.63) is 59.3 Å². The molecule has 4 rings (SSSR count). The summed E-state index contributed by atoms with van der Waals surface area (Å²) in [7, 11) is 0. The standard InChI is InChI=1S/C26H34N4O2/c1-20(31)30-16-11-24(12-17-30)28-26-18-22(9-13-27-26)25(32)8-4-5-14-29-15-10-21-6-2-3-7-23(21)19-29/h2-3,6-7,9,13,18,24H,4-5,8,10-12,14-17,19H2,1H3,(H,27,28). The van der Waals surface area contributed by atoms with E-state index in [-0.39, 0.29) is 17.7 Å². The van der Waals surface area contributed by atoms with Crippen molar-refractivity contribution in [1.82, 2.24) is 14.8 Å². The fourth-order valence-electron chi connectivity index (χ4n) is 4.74. The summed E-state index contributed by atoms with van der Waals surface area (Å²) in [6.07, 6.45) is 7.16. The molecule has 1 aromatic heterocycles. The number of nitrogens with zero attached hydrogens (tertiary/aromatic N) is 3. The van der Waals surface area contributed by atoms with Gasteiger partial charge in [-0.15, -0.1) is 0 Å². The van der Waals surface area contributed by atoms with E-state index < -0.39 is 0 Å².